The number of nitrogens with one attached hydrogen (secondary N) is 2. The summed E-state index contributed by atoms with van der Waals surface area (Å²) in [5.41, 5.74) is 0.915. The molecule has 0 saturated carbocycles. The number of rotatable bonds is 7. The van der Waals surface area contributed by atoms with Crippen LogP contribution in [0.3, 0.4) is 0 Å². The summed E-state index contributed by atoms with van der Waals surface area (Å²) in [6, 6.07) is 6.44. The Morgan fingerprint density at radius 2 is 1.87 bits per heavy atom. The molecule has 0 aliphatic carbocycles. The largest absolute Gasteiger partial charge is 0.357 e. The van der Waals surface area contributed by atoms with E-state index in [1.54, 1.807) is 23.9 Å². The van der Waals surface area contributed by atoms with Crippen LogP contribution in [0.2, 0.25) is 0 Å². The van der Waals surface area contributed by atoms with Gasteiger partial charge in [0.1, 0.15) is 0 Å². The number of hydrogen-bond acceptors (Lipinski definition) is 4. The zero-order chi connectivity index (χ0) is 17.5. The molecule has 130 valence electrons. The molecule has 0 spiro atoms. The van der Waals surface area contributed by atoms with Crippen LogP contribution < -0.4 is 15.8 Å². The van der Waals surface area contributed by atoms with Crippen molar-refractivity contribution in [1.82, 2.24) is 10.6 Å². The van der Waals surface area contributed by atoms with Crippen molar-refractivity contribution in [3.05, 3.63) is 29.8 Å². The maximum atomic E-state index is 11.2. The summed E-state index contributed by atoms with van der Waals surface area (Å²) in [5, 5.41) is 11.6. The molecule has 0 aliphatic rings. The molecular weight excluding hydrogens is 332 g/mol. The molecule has 4 N–H and O–H groups in total. The van der Waals surface area contributed by atoms with Gasteiger partial charge in [0, 0.05) is 17.8 Å². The first-order valence-corrected chi connectivity index (χ1v) is 10.1. The highest BCUT2D eigenvalue weighted by molar-refractivity contribution is 7.99. The topological polar surface area (TPSA) is 96.6 Å². The lowest BCUT2D eigenvalue weighted by Crippen LogP contribution is -2.43. The second-order valence-electron chi connectivity index (χ2n) is 5.70. The molecule has 0 aliphatic heterocycles. The van der Waals surface area contributed by atoms with Gasteiger partial charge in [0.2, 0.25) is 10.0 Å². The molecule has 0 saturated heterocycles. The van der Waals surface area contributed by atoms with E-state index >= 15 is 0 Å². The molecule has 0 unspecified atom stereocenters. The summed E-state index contributed by atoms with van der Waals surface area (Å²) in [7, 11) is -3.65. The van der Waals surface area contributed by atoms with Gasteiger partial charge >= 0.3 is 0 Å². The standard InChI is InChI=1S/C15H26N4O2S2/c1-5-17-14(19-11-15(2,3)22-4)18-10-12-6-8-13(9-7-12)23(16,20)21/h6-9H,5,10-11H2,1-4H3,(H2,16,20,21)(H2,17,18,19). The monoisotopic (exact) mass is 358 g/mol. The van der Waals surface area contributed by atoms with Crippen molar-refractivity contribution in [3.63, 3.8) is 0 Å². The lowest BCUT2D eigenvalue weighted by molar-refractivity contribution is 0.598. The van der Waals surface area contributed by atoms with Gasteiger partial charge in [-0.3, -0.25) is 0 Å². The third-order valence-electron chi connectivity index (χ3n) is 3.25. The van der Waals surface area contributed by atoms with E-state index in [0.29, 0.717) is 6.54 Å². The predicted octanol–water partition coefficient (Wildman–Crippen LogP) is 1.53. The van der Waals surface area contributed by atoms with E-state index < -0.39 is 10.0 Å². The number of sulfonamides is 1. The Morgan fingerprint density at radius 1 is 1.26 bits per heavy atom. The van der Waals surface area contributed by atoms with Gasteiger partial charge < -0.3 is 10.6 Å². The van der Waals surface area contributed by atoms with Crippen molar-refractivity contribution in [2.45, 2.75) is 37.0 Å². The number of aliphatic imine (C=N–C) groups is 1. The van der Waals surface area contributed by atoms with E-state index in [1.807, 2.05) is 6.92 Å². The number of primary sulfonamides is 1. The Morgan fingerprint density at radius 3 is 2.35 bits per heavy atom. The summed E-state index contributed by atoms with van der Waals surface area (Å²) in [6.45, 7) is 8.37. The highest BCUT2D eigenvalue weighted by Gasteiger charge is 2.16. The summed E-state index contributed by atoms with van der Waals surface area (Å²) in [5.74, 6) is 0.741. The number of nitrogens with two attached hydrogens (primary N) is 1. The van der Waals surface area contributed by atoms with Crippen molar-refractivity contribution >= 4 is 27.7 Å². The molecule has 0 fully saturated rings. The van der Waals surface area contributed by atoms with Crippen molar-refractivity contribution in [2.24, 2.45) is 10.1 Å². The fourth-order valence-electron chi connectivity index (χ4n) is 1.67. The third kappa shape index (κ3) is 7.24. The zero-order valence-electron chi connectivity index (χ0n) is 14.1. The first-order valence-electron chi connectivity index (χ1n) is 7.37. The molecule has 0 radical (unpaired) electrons. The van der Waals surface area contributed by atoms with Crippen LogP contribution in [-0.4, -0.2) is 38.5 Å². The Hall–Kier alpha value is -1.25. The Kier molecular flexibility index (Phi) is 7.37. The summed E-state index contributed by atoms with van der Waals surface area (Å²) >= 11 is 1.79. The van der Waals surface area contributed by atoms with E-state index in [-0.39, 0.29) is 9.64 Å². The van der Waals surface area contributed by atoms with Crippen LogP contribution in [0.4, 0.5) is 0 Å². The number of nitrogens with zero attached hydrogens (tertiary/aromatic N) is 1. The number of guanidine groups is 1. The molecular formula is C15H26N4O2S2. The highest BCUT2D eigenvalue weighted by Crippen LogP contribution is 2.19. The summed E-state index contributed by atoms with van der Waals surface area (Å²) in [4.78, 5) is 4.63. The van der Waals surface area contributed by atoms with E-state index in [9.17, 15) is 8.42 Å². The predicted molar refractivity (Wildman–Crippen MR) is 98.2 cm³/mol. The second kappa shape index (κ2) is 8.56. The molecule has 8 heteroatoms. The zero-order valence-corrected chi connectivity index (χ0v) is 15.7. The van der Waals surface area contributed by atoms with Crippen LogP contribution in [0.5, 0.6) is 0 Å². The average Bonchev–Trinajstić information content (AvgIpc) is 2.49. The fraction of sp³-hybridized carbons (Fsp3) is 0.533. The Labute approximate surface area is 143 Å². The van der Waals surface area contributed by atoms with Gasteiger partial charge in [-0.05, 0) is 44.7 Å². The minimum Gasteiger partial charge on any atom is -0.357 e. The maximum absolute atomic E-state index is 11.2. The van der Waals surface area contributed by atoms with Crippen LogP contribution in [0.25, 0.3) is 0 Å². The maximum Gasteiger partial charge on any atom is 0.238 e. The van der Waals surface area contributed by atoms with Gasteiger partial charge in [0.15, 0.2) is 5.96 Å². The van der Waals surface area contributed by atoms with Gasteiger partial charge in [0.25, 0.3) is 0 Å². The number of hydrogen-bond donors (Lipinski definition) is 3. The van der Waals surface area contributed by atoms with Crippen molar-refractivity contribution in [3.8, 4) is 0 Å². The van der Waals surface area contributed by atoms with Gasteiger partial charge in [-0.1, -0.05) is 12.1 Å². The Bertz CT molecular complexity index is 625. The second-order valence-corrected chi connectivity index (χ2v) is 8.78. The van der Waals surface area contributed by atoms with Crippen molar-refractivity contribution < 1.29 is 8.42 Å². The van der Waals surface area contributed by atoms with E-state index in [1.165, 1.54) is 12.1 Å². The average molecular weight is 359 g/mol. The number of thioether (sulfide) groups is 1. The van der Waals surface area contributed by atoms with Crippen LogP contribution in [0.15, 0.2) is 34.2 Å². The van der Waals surface area contributed by atoms with Crippen LogP contribution in [0, 0.1) is 0 Å². The van der Waals surface area contributed by atoms with Crippen LogP contribution in [-0.2, 0) is 16.6 Å². The molecule has 23 heavy (non-hydrogen) atoms. The van der Waals surface area contributed by atoms with E-state index in [4.69, 9.17) is 5.14 Å². The molecule has 1 aromatic carbocycles. The smallest absolute Gasteiger partial charge is 0.238 e. The fourth-order valence-corrected chi connectivity index (χ4v) is 2.40. The third-order valence-corrected chi connectivity index (χ3v) is 5.43. The van der Waals surface area contributed by atoms with Gasteiger partial charge in [-0.2, -0.15) is 11.8 Å². The summed E-state index contributed by atoms with van der Waals surface area (Å²) < 4.78 is 22.6. The Balaban J connectivity index is 2.73. The van der Waals surface area contributed by atoms with E-state index in [2.05, 4.69) is 35.7 Å². The minimum atomic E-state index is -3.65. The minimum absolute atomic E-state index is 0.108. The van der Waals surface area contributed by atoms with Crippen LogP contribution in [0.1, 0.15) is 26.3 Å². The lowest BCUT2D eigenvalue weighted by atomic mass is 10.2. The molecule has 0 heterocycles. The SMILES string of the molecule is CCNC(=NCc1ccc(S(N)(=O)=O)cc1)NCC(C)(C)SC. The first kappa shape index (κ1) is 19.8. The molecule has 0 bridgehead atoms. The normalized spacial score (nSPS) is 13.0. The first-order chi connectivity index (χ1) is 10.7. The van der Waals surface area contributed by atoms with E-state index in [0.717, 1.165) is 24.6 Å². The van der Waals surface area contributed by atoms with Crippen LogP contribution >= 0.6 is 11.8 Å². The number of benzene rings is 1. The molecule has 1 rings (SSSR count). The van der Waals surface area contributed by atoms with Gasteiger partial charge in [-0.25, -0.2) is 18.5 Å². The lowest BCUT2D eigenvalue weighted by Gasteiger charge is -2.23. The quantitative estimate of drug-likeness (QED) is 0.507. The summed E-state index contributed by atoms with van der Waals surface area (Å²) in [6.07, 6.45) is 2.08. The highest BCUT2D eigenvalue weighted by atomic mass is 32.2. The van der Waals surface area contributed by atoms with Crippen molar-refractivity contribution in [2.75, 3.05) is 19.3 Å². The van der Waals surface area contributed by atoms with Crippen molar-refractivity contribution in [1.29, 1.82) is 0 Å². The molecule has 0 atom stereocenters. The van der Waals surface area contributed by atoms with Gasteiger partial charge in [-0.15, -0.1) is 0 Å². The van der Waals surface area contributed by atoms with Gasteiger partial charge in [0.05, 0.1) is 11.4 Å². The molecule has 1 aromatic rings. The molecule has 0 amide bonds. The molecule has 6 nitrogen and oxygen atoms in total. The molecule has 0 aromatic heterocycles.